The van der Waals surface area contributed by atoms with E-state index in [4.69, 9.17) is 5.73 Å². The summed E-state index contributed by atoms with van der Waals surface area (Å²) in [6, 6.07) is 8.47. The number of halogens is 1. The summed E-state index contributed by atoms with van der Waals surface area (Å²) in [5.41, 5.74) is 7.88. The van der Waals surface area contributed by atoms with E-state index >= 15 is 0 Å². The fourth-order valence-electron chi connectivity index (χ4n) is 3.43. The standard InChI is InChI=1S/C21H35N5O.HI/c1-3-23-21(25-16-18-8-6-7-17(2)15-18)24-11-4-5-12-26-13-9-19(10-14-26)20(22)27;/h6-8,15,19H,3-5,9-14,16H2,1-2H3,(H2,22,27)(H2,23,24,25);1H. The minimum absolute atomic E-state index is 0. The molecule has 0 spiro atoms. The number of likely N-dealkylation sites (tertiary alicyclic amines) is 1. The lowest BCUT2D eigenvalue weighted by atomic mass is 9.96. The van der Waals surface area contributed by atoms with Crippen molar-refractivity contribution in [2.24, 2.45) is 16.6 Å². The maximum atomic E-state index is 11.2. The Morgan fingerprint density at radius 2 is 2.00 bits per heavy atom. The zero-order valence-corrected chi connectivity index (χ0v) is 19.6. The number of rotatable bonds is 9. The van der Waals surface area contributed by atoms with Crippen LogP contribution in [0.3, 0.4) is 0 Å². The number of aliphatic imine (C=N–C) groups is 1. The van der Waals surface area contributed by atoms with Crippen LogP contribution in [0.4, 0.5) is 0 Å². The second-order valence-electron chi connectivity index (χ2n) is 7.34. The molecule has 0 aliphatic carbocycles. The molecular weight excluding hydrogens is 465 g/mol. The molecule has 1 aliphatic heterocycles. The van der Waals surface area contributed by atoms with Crippen molar-refractivity contribution in [3.63, 3.8) is 0 Å². The van der Waals surface area contributed by atoms with Crippen LogP contribution in [0.25, 0.3) is 0 Å². The lowest BCUT2D eigenvalue weighted by molar-refractivity contribution is -0.123. The van der Waals surface area contributed by atoms with Gasteiger partial charge in [-0.1, -0.05) is 29.8 Å². The van der Waals surface area contributed by atoms with E-state index in [1.807, 2.05) is 0 Å². The van der Waals surface area contributed by atoms with Crippen LogP contribution in [0.1, 0.15) is 43.7 Å². The molecule has 0 bridgehead atoms. The molecule has 1 aliphatic rings. The SMILES string of the molecule is CCNC(=NCc1cccc(C)c1)NCCCCN1CCC(C(N)=O)CC1.I. The quantitative estimate of drug-likeness (QED) is 0.210. The Bertz CT molecular complexity index is 615. The summed E-state index contributed by atoms with van der Waals surface area (Å²) in [4.78, 5) is 18.3. The zero-order valence-electron chi connectivity index (χ0n) is 17.2. The van der Waals surface area contributed by atoms with E-state index < -0.39 is 0 Å². The van der Waals surface area contributed by atoms with Crippen LogP contribution in [0.15, 0.2) is 29.3 Å². The molecule has 2 rings (SSSR count). The molecule has 1 fully saturated rings. The summed E-state index contributed by atoms with van der Waals surface area (Å²) in [6.45, 7) is 9.71. The number of amides is 1. The Hall–Kier alpha value is -1.35. The number of nitrogens with two attached hydrogens (primary N) is 1. The van der Waals surface area contributed by atoms with Crippen molar-refractivity contribution in [1.29, 1.82) is 0 Å². The van der Waals surface area contributed by atoms with Crippen molar-refractivity contribution in [2.45, 2.75) is 46.1 Å². The van der Waals surface area contributed by atoms with E-state index in [-0.39, 0.29) is 35.8 Å². The summed E-state index contributed by atoms with van der Waals surface area (Å²) < 4.78 is 0. The monoisotopic (exact) mass is 501 g/mol. The predicted molar refractivity (Wildman–Crippen MR) is 127 cm³/mol. The molecule has 158 valence electrons. The molecule has 6 nitrogen and oxygen atoms in total. The van der Waals surface area contributed by atoms with Gasteiger partial charge in [-0.2, -0.15) is 0 Å². The second-order valence-corrected chi connectivity index (χ2v) is 7.34. The fourth-order valence-corrected chi connectivity index (χ4v) is 3.43. The van der Waals surface area contributed by atoms with Crippen molar-refractivity contribution >= 4 is 35.8 Å². The molecule has 1 aromatic rings. The van der Waals surface area contributed by atoms with Crippen LogP contribution in [0.5, 0.6) is 0 Å². The number of carbonyl (C=O) groups excluding carboxylic acids is 1. The molecule has 1 heterocycles. The number of carbonyl (C=O) groups is 1. The normalized spacial score (nSPS) is 15.7. The third-order valence-electron chi connectivity index (χ3n) is 5.03. The molecule has 0 saturated carbocycles. The summed E-state index contributed by atoms with van der Waals surface area (Å²) >= 11 is 0. The van der Waals surface area contributed by atoms with Gasteiger partial charge in [0.15, 0.2) is 5.96 Å². The molecule has 28 heavy (non-hydrogen) atoms. The van der Waals surface area contributed by atoms with Crippen LogP contribution in [-0.4, -0.2) is 49.5 Å². The van der Waals surface area contributed by atoms with Gasteiger partial charge in [-0.05, 0) is 64.7 Å². The van der Waals surface area contributed by atoms with E-state index in [2.05, 4.69) is 58.6 Å². The lowest BCUT2D eigenvalue weighted by Gasteiger charge is -2.30. The number of hydrogen-bond acceptors (Lipinski definition) is 3. The molecule has 4 N–H and O–H groups in total. The summed E-state index contributed by atoms with van der Waals surface area (Å²) in [6.07, 6.45) is 4.06. The molecule has 0 aromatic heterocycles. The fraction of sp³-hybridized carbons (Fsp3) is 0.619. The van der Waals surface area contributed by atoms with Crippen molar-refractivity contribution in [2.75, 3.05) is 32.7 Å². The second kappa shape index (κ2) is 13.8. The van der Waals surface area contributed by atoms with Gasteiger partial charge in [-0.15, -0.1) is 24.0 Å². The van der Waals surface area contributed by atoms with Gasteiger partial charge in [0.05, 0.1) is 6.54 Å². The summed E-state index contributed by atoms with van der Waals surface area (Å²) in [7, 11) is 0. The first kappa shape index (κ1) is 24.7. The third kappa shape index (κ3) is 9.23. The maximum absolute atomic E-state index is 11.2. The van der Waals surface area contributed by atoms with E-state index in [9.17, 15) is 4.79 Å². The van der Waals surface area contributed by atoms with E-state index in [1.54, 1.807) is 0 Å². The number of nitrogens with zero attached hydrogens (tertiary/aromatic N) is 2. The minimum atomic E-state index is -0.139. The third-order valence-corrected chi connectivity index (χ3v) is 5.03. The van der Waals surface area contributed by atoms with Crippen molar-refractivity contribution in [3.8, 4) is 0 Å². The highest BCUT2D eigenvalue weighted by molar-refractivity contribution is 14.0. The molecule has 1 aromatic carbocycles. The van der Waals surface area contributed by atoms with Gasteiger partial charge in [0.1, 0.15) is 0 Å². The average Bonchev–Trinajstić information content (AvgIpc) is 2.66. The molecule has 7 heteroatoms. The van der Waals surface area contributed by atoms with Crippen molar-refractivity contribution < 1.29 is 4.79 Å². The van der Waals surface area contributed by atoms with Gasteiger partial charge in [0.2, 0.25) is 5.91 Å². The number of nitrogens with one attached hydrogen (secondary N) is 2. The van der Waals surface area contributed by atoms with Gasteiger partial charge in [0, 0.05) is 19.0 Å². The summed E-state index contributed by atoms with van der Waals surface area (Å²) in [5, 5.41) is 6.73. The Labute approximate surface area is 186 Å². The van der Waals surface area contributed by atoms with Gasteiger partial charge in [-0.25, -0.2) is 4.99 Å². The van der Waals surface area contributed by atoms with Crippen LogP contribution in [-0.2, 0) is 11.3 Å². The van der Waals surface area contributed by atoms with Crippen LogP contribution < -0.4 is 16.4 Å². The Balaban J connectivity index is 0.00000392. The smallest absolute Gasteiger partial charge is 0.220 e. The van der Waals surface area contributed by atoms with E-state index in [0.29, 0.717) is 6.54 Å². The van der Waals surface area contributed by atoms with Crippen molar-refractivity contribution in [1.82, 2.24) is 15.5 Å². The molecule has 0 atom stereocenters. The summed E-state index contributed by atoms with van der Waals surface area (Å²) in [5.74, 6) is 0.816. The average molecular weight is 501 g/mol. The highest BCUT2D eigenvalue weighted by Gasteiger charge is 2.22. The van der Waals surface area contributed by atoms with Gasteiger partial charge in [0.25, 0.3) is 0 Å². The number of hydrogen-bond donors (Lipinski definition) is 3. The largest absolute Gasteiger partial charge is 0.369 e. The van der Waals surface area contributed by atoms with E-state index in [0.717, 1.165) is 64.4 Å². The number of primary amides is 1. The Morgan fingerprint density at radius 3 is 2.64 bits per heavy atom. The number of piperidine rings is 1. The van der Waals surface area contributed by atoms with Crippen molar-refractivity contribution in [3.05, 3.63) is 35.4 Å². The molecule has 0 unspecified atom stereocenters. The van der Waals surface area contributed by atoms with Gasteiger partial charge < -0.3 is 21.3 Å². The highest BCUT2D eigenvalue weighted by atomic mass is 127. The number of guanidine groups is 1. The molecule has 1 saturated heterocycles. The lowest BCUT2D eigenvalue weighted by Crippen LogP contribution is -2.39. The predicted octanol–water partition coefficient (Wildman–Crippen LogP) is 2.65. The highest BCUT2D eigenvalue weighted by Crippen LogP contribution is 2.16. The minimum Gasteiger partial charge on any atom is -0.369 e. The first-order valence-electron chi connectivity index (χ1n) is 10.2. The Kier molecular flexibility index (Phi) is 12.1. The molecule has 1 amide bonds. The maximum Gasteiger partial charge on any atom is 0.220 e. The first-order chi connectivity index (χ1) is 13.1. The van der Waals surface area contributed by atoms with Gasteiger partial charge in [-0.3, -0.25) is 4.79 Å². The first-order valence-corrected chi connectivity index (χ1v) is 10.2. The van der Waals surface area contributed by atoms with Gasteiger partial charge >= 0.3 is 0 Å². The number of unbranched alkanes of at least 4 members (excludes halogenated alkanes) is 1. The van der Waals surface area contributed by atoms with Crippen LogP contribution >= 0.6 is 24.0 Å². The van der Waals surface area contributed by atoms with Crippen LogP contribution in [0, 0.1) is 12.8 Å². The number of aryl methyl sites for hydroxylation is 1. The van der Waals surface area contributed by atoms with E-state index in [1.165, 1.54) is 11.1 Å². The molecular formula is C21H36IN5O. The Morgan fingerprint density at radius 1 is 1.25 bits per heavy atom. The molecule has 0 radical (unpaired) electrons. The number of benzene rings is 1. The zero-order chi connectivity index (χ0) is 19.5. The van der Waals surface area contributed by atoms with Crippen LogP contribution in [0.2, 0.25) is 0 Å². The topological polar surface area (TPSA) is 82.8 Å².